The standard InChI is InChI=1S/C23H23N3O2S/c1-15-7-9-17(10-8-15)26-20(27)12-11-18(21(26)19-6-4-14-29-19)23(28)25-22-16(2)5-3-13-24-22/h3-10,13-14,18,21H,11-12H2,1-2H3,(H,24,25,28)/t18-,21-/m1/s1. The minimum absolute atomic E-state index is 0.0466. The Bertz CT molecular complexity index is 1010. The predicted molar refractivity (Wildman–Crippen MR) is 116 cm³/mol. The van der Waals surface area contributed by atoms with Crippen LogP contribution in [0.1, 0.15) is 34.9 Å². The molecule has 2 amide bonds. The topological polar surface area (TPSA) is 62.3 Å². The molecule has 1 aromatic carbocycles. The van der Waals surface area contributed by atoms with Crippen molar-refractivity contribution in [2.75, 3.05) is 10.2 Å². The third-order valence-corrected chi connectivity index (χ3v) is 6.27. The van der Waals surface area contributed by atoms with Crippen molar-refractivity contribution in [2.45, 2.75) is 32.7 Å². The Morgan fingerprint density at radius 3 is 2.62 bits per heavy atom. The van der Waals surface area contributed by atoms with E-state index in [-0.39, 0.29) is 23.8 Å². The van der Waals surface area contributed by atoms with Gasteiger partial charge in [-0.25, -0.2) is 4.98 Å². The van der Waals surface area contributed by atoms with Gasteiger partial charge < -0.3 is 10.2 Å². The lowest BCUT2D eigenvalue weighted by Gasteiger charge is -2.40. The van der Waals surface area contributed by atoms with Gasteiger partial charge in [0.1, 0.15) is 5.82 Å². The number of anilines is 2. The maximum Gasteiger partial charge on any atom is 0.231 e. The fraction of sp³-hybridized carbons (Fsp3) is 0.261. The van der Waals surface area contributed by atoms with Crippen molar-refractivity contribution in [1.82, 2.24) is 4.98 Å². The molecule has 2 aromatic heterocycles. The summed E-state index contributed by atoms with van der Waals surface area (Å²) in [5.74, 6) is 0.162. The second-order valence-corrected chi connectivity index (χ2v) is 8.34. The van der Waals surface area contributed by atoms with Crippen molar-refractivity contribution in [3.8, 4) is 0 Å². The van der Waals surface area contributed by atoms with Crippen molar-refractivity contribution < 1.29 is 9.59 Å². The molecule has 1 saturated heterocycles. The first-order valence-corrected chi connectivity index (χ1v) is 10.6. The highest BCUT2D eigenvalue weighted by atomic mass is 32.1. The van der Waals surface area contributed by atoms with Crippen LogP contribution in [-0.4, -0.2) is 16.8 Å². The number of hydrogen-bond acceptors (Lipinski definition) is 4. The molecule has 5 nitrogen and oxygen atoms in total. The molecule has 0 unspecified atom stereocenters. The molecule has 0 aliphatic carbocycles. The first-order chi connectivity index (χ1) is 14.0. The van der Waals surface area contributed by atoms with Gasteiger partial charge in [-0.15, -0.1) is 11.3 Å². The average Bonchev–Trinajstić information content (AvgIpc) is 3.25. The second kappa shape index (κ2) is 8.17. The van der Waals surface area contributed by atoms with E-state index >= 15 is 0 Å². The zero-order valence-corrected chi connectivity index (χ0v) is 17.3. The van der Waals surface area contributed by atoms with E-state index in [9.17, 15) is 9.59 Å². The Hall–Kier alpha value is -2.99. The van der Waals surface area contributed by atoms with Crippen LogP contribution >= 0.6 is 11.3 Å². The lowest BCUT2D eigenvalue weighted by atomic mass is 9.86. The molecule has 0 radical (unpaired) electrons. The summed E-state index contributed by atoms with van der Waals surface area (Å²) in [5, 5.41) is 4.97. The van der Waals surface area contributed by atoms with Crippen LogP contribution in [-0.2, 0) is 9.59 Å². The molecular weight excluding hydrogens is 382 g/mol. The Labute approximate surface area is 174 Å². The van der Waals surface area contributed by atoms with Gasteiger partial charge in [0, 0.05) is 23.2 Å². The summed E-state index contributed by atoms with van der Waals surface area (Å²) in [6.07, 6.45) is 2.53. The molecule has 4 rings (SSSR count). The van der Waals surface area contributed by atoms with E-state index in [1.54, 1.807) is 22.4 Å². The lowest BCUT2D eigenvalue weighted by Crippen LogP contribution is -2.46. The molecule has 2 atom stereocenters. The Morgan fingerprint density at radius 2 is 1.93 bits per heavy atom. The highest BCUT2D eigenvalue weighted by molar-refractivity contribution is 7.10. The van der Waals surface area contributed by atoms with Gasteiger partial charge in [-0.3, -0.25) is 9.59 Å². The quantitative estimate of drug-likeness (QED) is 0.673. The molecule has 0 spiro atoms. The van der Waals surface area contributed by atoms with Crippen LogP contribution in [0.4, 0.5) is 11.5 Å². The molecular formula is C23H23N3O2S. The van der Waals surface area contributed by atoms with Crippen LogP contribution in [0.25, 0.3) is 0 Å². The van der Waals surface area contributed by atoms with Gasteiger partial charge in [0.2, 0.25) is 11.8 Å². The van der Waals surface area contributed by atoms with Crippen LogP contribution in [0.15, 0.2) is 60.1 Å². The van der Waals surface area contributed by atoms with E-state index in [2.05, 4.69) is 10.3 Å². The molecule has 0 saturated carbocycles. The van der Waals surface area contributed by atoms with Gasteiger partial charge in [-0.1, -0.05) is 29.8 Å². The summed E-state index contributed by atoms with van der Waals surface area (Å²) in [6.45, 7) is 3.94. The number of hydrogen-bond donors (Lipinski definition) is 1. The van der Waals surface area contributed by atoms with E-state index in [1.807, 2.05) is 67.8 Å². The fourth-order valence-corrected chi connectivity index (χ4v) is 4.67. The Balaban J connectivity index is 1.71. The number of carbonyl (C=O) groups excluding carboxylic acids is 2. The predicted octanol–water partition coefficient (Wildman–Crippen LogP) is 4.88. The van der Waals surface area contributed by atoms with Crippen molar-refractivity contribution in [3.05, 3.63) is 76.1 Å². The van der Waals surface area contributed by atoms with Crippen LogP contribution in [0.3, 0.4) is 0 Å². The van der Waals surface area contributed by atoms with E-state index in [4.69, 9.17) is 0 Å². The molecule has 148 valence electrons. The summed E-state index contributed by atoms with van der Waals surface area (Å²) < 4.78 is 0. The third-order valence-electron chi connectivity index (χ3n) is 5.33. The monoisotopic (exact) mass is 405 g/mol. The van der Waals surface area contributed by atoms with Gasteiger partial charge in [-0.05, 0) is 55.5 Å². The largest absolute Gasteiger partial charge is 0.310 e. The zero-order chi connectivity index (χ0) is 20.4. The van der Waals surface area contributed by atoms with Crippen LogP contribution < -0.4 is 10.2 Å². The van der Waals surface area contributed by atoms with Crippen molar-refractivity contribution in [2.24, 2.45) is 5.92 Å². The number of piperidine rings is 1. The molecule has 6 heteroatoms. The molecule has 1 aliphatic rings. The number of amides is 2. The Morgan fingerprint density at radius 1 is 1.14 bits per heavy atom. The number of nitrogens with one attached hydrogen (secondary N) is 1. The van der Waals surface area contributed by atoms with Gasteiger partial charge >= 0.3 is 0 Å². The number of thiophene rings is 1. The zero-order valence-electron chi connectivity index (χ0n) is 16.5. The molecule has 1 N–H and O–H groups in total. The number of carbonyl (C=O) groups is 2. The van der Waals surface area contributed by atoms with Gasteiger partial charge in [0.15, 0.2) is 0 Å². The summed E-state index contributed by atoms with van der Waals surface area (Å²) in [6, 6.07) is 15.3. The third kappa shape index (κ3) is 3.93. The number of aryl methyl sites for hydroxylation is 2. The first-order valence-electron chi connectivity index (χ1n) is 9.69. The average molecular weight is 406 g/mol. The van der Waals surface area contributed by atoms with Gasteiger partial charge in [-0.2, -0.15) is 0 Å². The number of rotatable bonds is 4. The minimum atomic E-state index is -0.353. The van der Waals surface area contributed by atoms with E-state index in [0.717, 1.165) is 21.7 Å². The highest BCUT2D eigenvalue weighted by Gasteiger charge is 2.42. The number of benzene rings is 1. The molecule has 1 fully saturated rings. The van der Waals surface area contributed by atoms with Crippen LogP contribution in [0.5, 0.6) is 0 Å². The molecule has 3 heterocycles. The van der Waals surface area contributed by atoms with Gasteiger partial charge in [0.25, 0.3) is 0 Å². The van der Waals surface area contributed by atoms with Crippen molar-refractivity contribution in [1.29, 1.82) is 0 Å². The van der Waals surface area contributed by atoms with E-state index in [0.29, 0.717) is 18.7 Å². The van der Waals surface area contributed by atoms with E-state index in [1.165, 1.54) is 0 Å². The maximum atomic E-state index is 13.3. The number of nitrogens with zero attached hydrogens (tertiary/aromatic N) is 2. The number of pyridine rings is 1. The normalized spacial score (nSPS) is 19.2. The molecule has 0 bridgehead atoms. The number of aromatic nitrogens is 1. The molecule has 3 aromatic rings. The van der Waals surface area contributed by atoms with E-state index < -0.39 is 0 Å². The highest BCUT2D eigenvalue weighted by Crippen LogP contribution is 2.42. The lowest BCUT2D eigenvalue weighted by molar-refractivity contribution is -0.125. The fourth-order valence-electron chi connectivity index (χ4n) is 3.79. The van der Waals surface area contributed by atoms with Crippen molar-refractivity contribution in [3.63, 3.8) is 0 Å². The summed E-state index contributed by atoms with van der Waals surface area (Å²) in [4.78, 5) is 33.3. The first kappa shape index (κ1) is 19.3. The van der Waals surface area contributed by atoms with Gasteiger partial charge in [0.05, 0.1) is 12.0 Å². The summed E-state index contributed by atoms with van der Waals surface area (Å²) in [5.41, 5.74) is 2.87. The van der Waals surface area contributed by atoms with Crippen LogP contribution in [0.2, 0.25) is 0 Å². The summed E-state index contributed by atoms with van der Waals surface area (Å²) in [7, 11) is 0. The van der Waals surface area contributed by atoms with Crippen molar-refractivity contribution >= 4 is 34.7 Å². The smallest absolute Gasteiger partial charge is 0.231 e. The second-order valence-electron chi connectivity index (χ2n) is 7.36. The van der Waals surface area contributed by atoms with Crippen LogP contribution in [0, 0.1) is 19.8 Å². The molecule has 1 aliphatic heterocycles. The maximum absolute atomic E-state index is 13.3. The molecule has 29 heavy (non-hydrogen) atoms. The Kier molecular flexibility index (Phi) is 5.45. The summed E-state index contributed by atoms with van der Waals surface area (Å²) >= 11 is 1.57. The SMILES string of the molecule is Cc1ccc(N2C(=O)CC[C@@H](C(=O)Nc3ncccc3C)[C@@H]2c2cccs2)cc1. The minimum Gasteiger partial charge on any atom is -0.310 e.